The van der Waals surface area contributed by atoms with E-state index in [1.165, 1.54) is 28.6 Å². The Bertz CT molecular complexity index is 1710. The molecule has 1 atom stereocenters. The molecule has 1 unspecified atom stereocenters. The van der Waals surface area contributed by atoms with E-state index in [1.54, 1.807) is 12.0 Å². The van der Waals surface area contributed by atoms with Gasteiger partial charge >= 0.3 is 0 Å². The molecular formula is C37H41N3O7S. The molecule has 4 aromatic carbocycles. The van der Waals surface area contributed by atoms with Crippen molar-refractivity contribution in [2.75, 3.05) is 46.6 Å². The Morgan fingerprint density at radius 1 is 0.812 bits per heavy atom. The first-order valence-electron chi connectivity index (χ1n) is 15.9. The third-order valence-electron chi connectivity index (χ3n) is 8.13. The number of sulfonamides is 1. The summed E-state index contributed by atoms with van der Waals surface area (Å²) in [6, 6.07) is 32.0. The van der Waals surface area contributed by atoms with Crippen LogP contribution in [0.4, 0.5) is 0 Å². The SMILES string of the molecule is COc1ccc(CCNC(=O)C(Cc2ccccc2)N(Cc2ccccc2)C(=O)COc2ccc(S(=O)(=O)N3CCOCC3)cc2)cc1. The smallest absolute Gasteiger partial charge is 0.261 e. The van der Waals surface area contributed by atoms with E-state index in [1.807, 2.05) is 84.9 Å². The van der Waals surface area contributed by atoms with Crippen molar-refractivity contribution in [2.45, 2.75) is 30.3 Å². The highest BCUT2D eigenvalue weighted by Gasteiger charge is 2.31. The molecule has 0 aromatic heterocycles. The molecule has 1 N–H and O–H groups in total. The topological polar surface area (TPSA) is 114 Å². The minimum atomic E-state index is -3.66. The number of carbonyl (C=O) groups excluding carboxylic acids is 2. The summed E-state index contributed by atoms with van der Waals surface area (Å²) in [5.74, 6) is 0.453. The minimum Gasteiger partial charge on any atom is -0.497 e. The Morgan fingerprint density at radius 3 is 2.04 bits per heavy atom. The Kier molecular flexibility index (Phi) is 12.2. The van der Waals surface area contributed by atoms with Crippen molar-refractivity contribution >= 4 is 21.8 Å². The van der Waals surface area contributed by atoms with E-state index in [0.717, 1.165) is 22.4 Å². The molecular weight excluding hydrogens is 630 g/mol. The Labute approximate surface area is 282 Å². The predicted molar refractivity (Wildman–Crippen MR) is 182 cm³/mol. The van der Waals surface area contributed by atoms with Crippen LogP contribution in [0.2, 0.25) is 0 Å². The van der Waals surface area contributed by atoms with E-state index >= 15 is 0 Å². The van der Waals surface area contributed by atoms with Gasteiger partial charge in [-0.3, -0.25) is 9.59 Å². The summed E-state index contributed by atoms with van der Waals surface area (Å²) < 4.78 is 43.8. The van der Waals surface area contributed by atoms with Crippen LogP contribution in [-0.2, 0) is 43.7 Å². The number of amides is 2. The number of methoxy groups -OCH3 is 1. The molecule has 1 fully saturated rings. The highest BCUT2D eigenvalue weighted by molar-refractivity contribution is 7.89. The first kappa shape index (κ1) is 34.6. The fraction of sp³-hybridized carbons (Fsp3) is 0.297. The highest BCUT2D eigenvalue weighted by Crippen LogP contribution is 2.21. The first-order chi connectivity index (χ1) is 23.3. The van der Waals surface area contributed by atoms with Gasteiger partial charge in [-0.2, -0.15) is 4.31 Å². The van der Waals surface area contributed by atoms with Crippen LogP contribution < -0.4 is 14.8 Å². The van der Waals surface area contributed by atoms with Crippen molar-refractivity contribution in [1.29, 1.82) is 0 Å². The van der Waals surface area contributed by atoms with E-state index in [4.69, 9.17) is 14.2 Å². The molecule has 2 amide bonds. The molecule has 48 heavy (non-hydrogen) atoms. The van der Waals surface area contributed by atoms with Gasteiger partial charge in [-0.05, 0) is 59.5 Å². The number of morpholine rings is 1. The van der Waals surface area contributed by atoms with E-state index in [9.17, 15) is 18.0 Å². The van der Waals surface area contributed by atoms with Gasteiger partial charge in [0.2, 0.25) is 15.9 Å². The molecule has 10 nitrogen and oxygen atoms in total. The van der Waals surface area contributed by atoms with Crippen LogP contribution in [0.3, 0.4) is 0 Å². The molecule has 4 aromatic rings. The molecule has 1 saturated heterocycles. The van der Waals surface area contributed by atoms with Gasteiger partial charge in [0.15, 0.2) is 6.61 Å². The van der Waals surface area contributed by atoms with Gasteiger partial charge in [-0.15, -0.1) is 0 Å². The summed E-state index contributed by atoms with van der Waals surface area (Å²) >= 11 is 0. The largest absolute Gasteiger partial charge is 0.497 e. The molecule has 11 heteroatoms. The number of ether oxygens (including phenoxy) is 3. The molecule has 1 heterocycles. The summed E-state index contributed by atoms with van der Waals surface area (Å²) in [7, 11) is -2.05. The summed E-state index contributed by atoms with van der Waals surface area (Å²) in [4.78, 5) is 29.5. The Hall–Kier alpha value is -4.71. The maximum absolute atomic E-state index is 13.9. The summed E-state index contributed by atoms with van der Waals surface area (Å²) in [5.41, 5.74) is 2.83. The Balaban J connectivity index is 1.31. The molecule has 5 rings (SSSR count). The number of rotatable bonds is 15. The van der Waals surface area contributed by atoms with Crippen molar-refractivity contribution < 1.29 is 32.2 Å². The van der Waals surface area contributed by atoms with Crippen molar-refractivity contribution in [3.8, 4) is 11.5 Å². The normalized spacial score (nSPS) is 14.1. The van der Waals surface area contributed by atoms with E-state index in [-0.39, 0.29) is 29.9 Å². The average Bonchev–Trinajstić information content (AvgIpc) is 3.13. The van der Waals surface area contributed by atoms with E-state index < -0.39 is 16.1 Å². The lowest BCUT2D eigenvalue weighted by atomic mass is 10.0. The molecule has 1 aliphatic heterocycles. The average molecular weight is 672 g/mol. The first-order valence-corrected chi connectivity index (χ1v) is 17.4. The Morgan fingerprint density at radius 2 is 1.42 bits per heavy atom. The zero-order valence-corrected chi connectivity index (χ0v) is 27.8. The lowest BCUT2D eigenvalue weighted by molar-refractivity contribution is -0.142. The highest BCUT2D eigenvalue weighted by atomic mass is 32.2. The minimum absolute atomic E-state index is 0.142. The number of hydrogen-bond donors (Lipinski definition) is 1. The van der Waals surface area contributed by atoms with Crippen molar-refractivity contribution in [3.05, 3.63) is 126 Å². The number of carbonyl (C=O) groups is 2. The third kappa shape index (κ3) is 9.43. The number of hydrogen-bond acceptors (Lipinski definition) is 7. The lowest BCUT2D eigenvalue weighted by Crippen LogP contribution is -2.52. The zero-order chi connectivity index (χ0) is 33.8. The maximum atomic E-state index is 13.9. The molecule has 252 valence electrons. The maximum Gasteiger partial charge on any atom is 0.261 e. The fourth-order valence-electron chi connectivity index (χ4n) is 5.45. The predicted octanol–water partition coefficient (Wildman–Crippen LogP) is 4.09. The van der Waals surface area contributed by atoms with Crippen LogP contribution in [0, 0.1) is 0 Å². The van der Waals surface area contributed by atoms with Crippen LogP contribution >= 0.6 is 0 Å². The quantitative estimate of drug-likeness (QED) is 0.203. The van der Waals surface area contributed by atoms with Crippen molar-refractivity contribution in [2.24, 2.45) is 0 Å². The monoisotopic (exact) mass is 671 g/mol. The van der Waals surface area contributed by atoms with Crippen LogP contribution in [0.1, 0.15) is 16.7 Å². The molecule has 0 spiro atoms. The van der Waals surface area contributed by atoms with Gasteiger partial charge in [0.25, 0.3) is 5.91 Å². The van der Waals surface area contributed by atoms with Crippen LogP contribution in [0.15, 0.2) is 114 Å². The van der Waals surface area contributed by atoms with Crippen molar-refractivity contribution in [3.63, 3.8) is 0 Å². The lowest BCUT2D eigenvalue weighted by Gasteiger charge is -2.31. The number of nitrogens with zero attached hydrogens (tertiary/aromatic N) is 2. The fourth-order valence-corrected chi connectivity index (χ4v) is 6.85. The number of benzene rings is 4. The van der Waals surface area contributed by atoms with E-state index in [2.05, 4.69) is 5.32 Å². The molecule has 0 radical (unpaired) electrons. The van der Waals surface area contributed by atoms with Gasteiger partial charge in [0.05, 0.1) is 25.2 Å². The molecule has 1 aliphatic rings. The number of nitrogens with one attached hydrogen (secondary N) is 1. The summed E-state index contributed by atoms with van der Waals surface area (Å²) in [6.07, 6.45) is 0.919. The second-order valence-corrected chi connectivity index (χ2v) is 13.3. The van der Waals surface area contributed by atoms with Crippen molar-refractivity contribution in [1.82, 2.24) is 14.5 Å². The van der Waals surface area contributed by atoms with Gasteiger partial charge in [-0.1, -0.05) is 72.8 Å². The molecule has 0 bridgehead atoms. The second-order valence-electron chi connectivity index (χ2n) is 11.4. The second kappa shape index (κ2) is 16.9. The van der Waals surface area contributed by atoms with Crippen LogP contribution in [0.5, 0.6) is 11.5 Å². The standard InChI is InChI=1S/C37H41N3O7S/c1-45-32-14-12-29(13-15-32)20-21-38-37(42)35(26-30-8-4-2-5-9-30)40(27-31-10-6-3-7-11-31)36(41)28-47-33-16-18-34(19-17-33)48(43,44)39-22-24-46-25-23-39/h2-19,35H,20-28H2,1H3,(H,38,42). The zero-order valence-electron chi connectivity index (χ0n) is 27.0. The van der Waals surface area contributed by atoms with Gasteiger partial charge in [0.1, 0.15) is 17.5 Å². The summed E-state index contributed by atoms with van der Waals surface area (Å²) in [5, 5.41) is 3.05. The van der Waals surface area contributed by atoms with Gasteiger partial charge in [0, 0.05) is 32.6 Å². The van der Waals surface area contributed by atoms with Gasteiger partial charge < -0.3 is 24.4 Å². The summed E-state index contributed by atoms with van der Waals surface area (Å²) in [6.45, 7) is 1.55. The van der Waals surface area contributed by atoms with E-state index in [0.29, 0.717) is 51.4 Å². The van der Waals surface area contributed by atoms with Gasteiger partial charge in [-0.25, -0.2) is 8.42 Å². The van der Waals surface area contributed by atoms with Crippen LogP contribution in [-0.4, -0.2) is 82.0 Å². The molecule has 0 saturated carbocycles. The van der Waals surface area contributed by atoms with Crippen LogP contribution in [0.25, 0.3) is 0 Å². The third-order valence-corrected chi connectivity index (χ3v) is 10.0. The molecule has 0 aliphatic carbocycles.